The van der Waals surface area contributed by atoms with Crippen LogP contribution in [0.1, 0.15) is 15.9 Å². The van der Waals surface area contributed by atoms with Gasteiger partial charge in [0, 0.05) is 10.5 Å². The minimum atomic E-state index is -0.255. The molecule has 3 nitrogen and oxygen atoms in total. The van der Waals surface area contributed by atoms with E-state index in [-0.39, 0.29) is 5.91 Å². The maximum Gasteiger partial charge on any atom is 0.255 e. The molecule has 2 rings (SSSR count). The standard InChI is InChI=1S/C15H11ClN2OS/c1-20-12-5-3-11(4-6-12)15(19)18-14-8-10(9-17)2-7-13(14)16/h2-8H,1H3,(H,18,19). The molecule has 0 fully saturated rings. The highest BCUT2D eigenvalue weighted by Gasteiger charge is 2.09. The zero-order valence-corrected chi connectivity index (χ0v) is 12.3. The van der Waals surface area contributed by atoms with Crippen LogP contribution >= 0.6 is 23.4 Å². The molecule has 0 aliphatic carbocycles. The second-order valence-electron chi connectivity index (χ2n) is 3.99. The third kappa shape index (κ3) is 3.32. The first-order valence-corrected chi connectivity index (χ1v) is 7.39. The Labute approximate surface area is 126 Å². The molecule has 0 aliphatic rings. The highest BCUT2D eigenvalue weighted by Crippen LogP contribution is 2.23. The molecule has 0 saturated carbocycles. The Morgan fingerprint density at radius 1 is 1.25 bits per heavy atom. The third-order valence-electron chi connectivity index (χ3n) is 2.70. The number of carbonyl (C=O) groups excluding carboxylic acids is 1. The van der Waals surface area contributed by atoms with Crippen molar-refractivity contribution in [2.45, 2.75) is 4.90 Å². The lowest BCUT2D eigenvalue weighted by Gasteiger charge is -2.08. The number of benzene rings is 2. The summed E-state index contributed by atoms with van der Waals surface area (Å²) < 4.78 is 0. The fourth-order valence-electron chi connectivity index (χ4n) is 1.63. The van der Waals surface area contributed by atoms with Crippen molar-refractivity contribution in [3.8, 4) is 6.07 Å². The Morgan fingerprint density at radius 3 is 2.55 bits per heavy atom. The Kier molecular flexibility index (Phi) is 4.67. The summed E-state index contributed by atoms with van der Waals surface area (Å²) in [5.41, 5.74) is 1.42. The Morgan fingerprint density at radius 2 is 1.95 bits per heavy atom. The van der Waals surface area contributed by atoms with Gasteiger partial charge in [0.05, 0.1) is 22.3 Å². The van der Waals surface area contributed by atoms with Crippen LogP contribution in [0.15, 0.2) is 47.4 Å². The minimum absolute atomic E-state index is 0.255. The van der Waals surface area contributed by atoms with Crippen molar-refractivity contribution < 1.29 is 4.79 Å². The normalized spacial score (nSPS) is 9.85. The largest absolute Gasteiger partial charge is 0.321 e. The fraction of sp³-hybridized carbons (Fsp3) is 0.0667. The summed E-state index contributed by atoms with van der Waals surface area (Å²) in [6, 6.07) is 14.0. The molecule has 0 saturated heterocycles. The SMILES string of the molecule is CSc1ccc(C(=O)Nc2cc(C#N)ccc2Cl)cc1. The molecule has 0 spiro atoms. The topological polar surface area (TPSA) is 52.9 Å². The minimum Gasteiger partial charge on any atom is -0.321 e. The number of hydrogen-bond donors (Lipinski definition) is 1. The molecule has 100 valence electrons. The van der Waals surface area contributed by atoms with E-state index in [2.05, 4.69) is 5.32 Å². The fourth-order valence-corrected chi connectivity index (χ4v) is 2.20. The lowest BCUT2D eigenvalue weighted by atomic mass is 10.2. The van der Waals surface area contributed by atoms with Crippen LogP contribution in [-0.2, 0) is 0 Å². The van der Waals surface area contributed by atoms with E-state index in [0.717, 1.165) is 4.90 Å². The van der Waals surface area contributed by atoms with Gasteiger partial charge in [-0.25, -0.2) is 0 Å². The van der Waals surface area contributed by atoms with Gasteiger partial charge in [-0.15, -0.1) is 11.8 Å². The molecule has 0 aromatic heterocycles. The second kappa shape index (κ2) is 6.47. The number of rotatable bonds is 3. The molecule has 2 aromatic rings. The summed E-state index contributed by atoms with van der Waals surface area (Å²) in [5.74, 6) is -0.255. The number of anilines is 1. The second-order valence-corrected chi connectivity index (χ2v) is 5.28. The molecular formula is C15H11ClN2OS. The van der Waals surface area contributed by atoms with Crippen LogP contribution < -0.4 is 5.32 Å². The number of nitrogens with zero attached hydrogens (tertiary/aromatic N) is 1. The molecule has 0 heterocycles. The van der Waals surface area contributed by atoms with Gasteiger partial charge in [0.2, 0.25) is 0 Å². The average Bonchev–Trinajstić information content (AvgIpc) is 2.49. The number of halogens is 1. The highest BCUT2D eigenvalue weighted by molar-refractivity contribution is 7.98. The van der Waals surface area contributed by atoms with Crippen molar-refractivity contribution in [3.63, 3.8) is 0 Å². The molecule has 5 heteroatoms. The zero-order chi connectivity index (χ0) is 14.5. The molecular weight excluding hydrogens is 292 g/mol. The van der Waals surface area contributed by atoms with Crippen molar-refractivity contribution >= 4 is 35.0 Å². The summed E-state index contributed by atoms with van der Waals surface area (Å²) in [7, 11) is 0. The molecule has 0 atom stereocenters. The van der Waals surface area contributed by atoms with Crippen LogP contribution in [0.3, 0.4) is 0 Å². The van der Waals surface area contributed by atoms with Crippen molar-refractivity contribution in [2.24, 2.45) is 0 Å². The van der Waals surface area contributed by atoms with E-state index < -0.39 is 0 Å². The average molecular weight is 303 g/mol. The van der Waals surface area contributed by atoms with Crippen molar-refractivity contribution in [2.75, 3.05) is 11.6 Å². The molecule has 0 radical (unpaired) electrons. The van der Waals surface area contributed by atoms with Gasteiger partial charge in [0.15, 0.2) is 0 Å². The van der Waals surface area contributed by atoms with E-state index in [0.29, 0.717) is 21.8 Å². The molecule has 1 N–H and O–H groups in total. The number of nitrogens with one attached hydrogen (secondary N) is 1. The first-order chi connectivity index (χ1) is 9.63. The maximum absolute atomic E-state index is 12.1. The Hall–Kier alpha value is -1.96. The summed E-state index contributed by atoms with van der Waals surface area (Å²) in [6.45, 7) is 0. The Balaban J connectivity index is 2.20. The molecule has 20 heavy (non-hydrogen) atoms. The van der Waals surface area contributed by atoms with E-state index >= 15 is 0 Å². The molecule has 0 unspecified atom stereocenters. The Bertz CT molecular complexity index is 677. The first kappa shape index (κ1) is 14.4. The summed E-state index contributed by atoms with van der Waals surface area (Å²) in [4.78, 5) is 13.2. The molecule has 1 amide bonds. The highest BCUT2D eigenvalue weighted by atomic mass is 35.5. The number of nitriles is 1. The zero-order valence-electron chi connectivity index (χ0n) is 10.7. The van der Waals surface area contributed by atoms with Crippen LogP contribution in [0.4, 0.5) is 5.69 Å². The van der Waals surface area contributed by atoms with Crippen molar-refractivity contribution in [3.05, 3.63) is 58.6 Å². The van der Waals surface area contributed by atoms with E-state index in [9.17, 15) is 4.79 Å². The predicted molar refractivity (Wildman–Crippen MR) is 82.3 cm³/mol. The van der Waals surface area contributed by atoms with Crippen LogP contribution in [0, 0.1) is 11.3 Å². The summed E-state index contributed by atoms with van der Waals surface area (Å²) in [6.07, 6.45) is 1.97. The summed E-state index contributed by atoms with van der Waals surface area (Å²) >= 11 is 7.62. The summed E-state index contributed by atoms with van der Waals surface area (Å²) in [5, 5.41) is 12.0. The third-order valence-corrected chi connectivity index (χ3v) is 3.77. The van der Waals surface area contributed by atoms with Crippen LogP contribution in [0.5, 0.6) is 0 Å². The molecule has 0 bridgehead atoms. The smallest absolute Gasteiger partial charge is 0.255 e. The van der Waals surface area contributed by atoms with Gasteiger partial charge in [-0.05, 0) is 48.7 Å². The number of carbonyl (C=O) groups is 1. The number of hydrogen-bond acceptors (Lipinski definition) is 3. The molecule has 2 aromatic carbocycles. The number of thioether (sulfide) groups is 1. The van der Waals surface area contributed by atoms with Gasteiger partial charge in [-0.3, -0.25) is 4.79 Å². The van der Waals surface area contributed by atoms with E-state index in [1.54, 1.807) is 42.1 Å². The lowest BCUT2D eigenvalue weighted by molar-refractivity contribution is 0.102. The van der Waals surface area contributed by atoms with Gasteiger partial charge in [-0.1, -0.05) is 11.6 Å². The lowest BCUT2D eigenvalue weighted by Crippen LogP contribution is -2.12. The van der Waals surface area contributed by atoms with Gasteiger partial charge < -0.3 is 5.32 Å². The number of amides is 1. The van der Waals surface area contributed by atoms with Crippen LogP contribution in [-0.4, -0.2) is 12.2 Å². The van der Waals surface area contributed by atoms with E-state index in [1.807, 2.05) is 24.5 Å². The monoisotopic (exact) mass is 302 g/mol. The van der Waals surface area contributed by atoms with Gasteiger partial charge in [-0.2, -0.15) is 5.26 Å². The predicted octanol–water partition coefficient (Wildman–Crippen LogP) is 4.19. The van der Waals surface area contributed by atoms with Gasteiger partial charge in [0.1, 0.15) is 0 Å². The van der Waals surface area contributed by atoms with E-state index in [4.69, 9.17) is 16.9 Å². The van der Waals surface area contributed by atoms with Crippen molar-refractivity contribution in [1.29, 1.82) is 5.26 Å². The maximum atomic E-state index is 12.1. The van der Waals surface area contributed by atoms with Crippen molar-refractivity contribution in [1.82, 2.24) is 0 Å². The van der Waals surface area contributed by atoms with Crippen LogP contribution in [0.25, 0.3) is 0 Å². The van der Waals surface area contributed by atoms with Gasteiger partial charge in [0.25, 0.3) is 5.91 Å². The van der Waals surface area contributed by atoms with E-state index in [1.165, 1.54) is 0 Å². The van der Waals surface area contributed by atoms with Crippen LogP contribution in [0.2, 0.25) is 5.02 Å². The molecule has 0 aliphatic heterocycles. The van der Waals surface area contributed by atoms with Gasteiger partial charge >= 0.3 is 0 Å². The first-order valence-electron chi connectivity index (χ1n) is 5.79. The quantitative estimate of drug-likeness (QED) is 0.865.